The Labute approximate surface area is 324 Å². The first kappa shape index (κ1) is 41.3. The van der Waals surface area contributed by atoms with Crippen molar-refractivity contribution < 1.29 is 49.8 Å². The molecule has 2 aliphatic rings. The number of halogens is 7. The summed E-state index contributed by atoms with van der Waals surface area (Å²) in [6.45, 7) is 20.7. The molecular weight excluding hydrogens is 837 g/mol. The first-order valence-corrected chi connectivity index (χ1v) is 22.4. The maximum absolute atomic E-state index is 14.3. The zero-order valence-corrected chi connectivity index (χ0v) is 34.1. The van der Waals surface area contributed by atoms with Crippen LogP contribution in [0, 0.1) is 83.2 Å². The maximum Gasteiger partial charge on any atom is 0.0146 e. The van der Waals surface area contributed by atoms with Gasteiger partial charge in [0.25, 0.3) is 0 Å². The van der Waals surface area contributed by atoms with E-state index < -0.39 is 72.0 Å². The van der Waals surface area contributed by atoms with Crippen LogP contribution in [0.5, 0.6) is 5.75 Å². The molecule has 54 heavy (non-hydrogen) atoms. The van der Waals surface area contributed by atoms with Crippen molar-refractivity contribution in [2.75, 3.05) is 27.8 Å². The number of hydrogen-bond donors (Lipinski definition) is 0. The Balaban J connectivity index is 0.000000217. The standard InChI is InChI=1S/C21H27N2.C19H12F5NO3.2ClH.Ru/c1-14-9-16(3)20(17(4)10-14)22-7-8-23(13-22)21-18(5)11-15(2)12-19(21)6;1-7(2)16-19(27)25(9-6-4-5-8(3)17(9)28-16)18(26)10-11(20)13(22)15(24)14(23)12(10)21;;;/h9-13H,7-8H2,1-6H3;3-7,16H,1-2H3;2*1H;/q-1;;;;+2/p-2. The minimum Gasteiger partial charge on any atom is -0.502 e. The van der Waals surface area contributed by atoms with Gasteiger partial charge in [0.05, 0.1) is 0 Å². The third kappa shape index (κ3) is 8.07. The SMILES string of the molecule is CC(C)C1Oc2c([CH]=[Ru]([Cl])[Cl])cccc2N(C(=O)c2c(F)c(F)c(F)c(F)c2F)C1=O.Cc1cc(C)c(N2[CH-]N(c3c(C)cc(C)cc3C)CC2)c(C)c1. The summed E-state index contributed by atoms with van der Waals surface area (Å²) in [4.78, 5) is 31.1. The van der Waals surface area contributed by atoms with E-state index in [1.54, 1.807) is 13.8 Å². The first-order chi connectivity index (χ1) is 25.3. The van der Waals surface area contributed by atoms with Gasteiger partial charge in [0, 0.05) is 24.5 Å². The fourth-order valence-electron chi connectivity index (χ4n) is 7.06. The minimum atomic E-state index is -2.42. The predicted molar refractivity (Wildman–Crippen MR) is 201 cm³/mol. The van der Waals surface area contributed by atoms with Crippen molar-refractivity contribution in [1.29, 1.82) is 0 Å². The van der Waals surface area contributed by atoms with Crippen molar-refractivity contribution in [3.05, 3.63) is 123 Å². The van der Waals surface area contributed by atoms with E-state index in [0.29, 0.717) is 10.5 Å². The quantitative estimate of drug-likeness (QED) is 0.0500. The normalized spacial score (nSPS) is 15.6. The van der Waals surface area contributed by atoms with Crippen molar-refractivity contribution in [2.45, 2.75) is 61.5 Å². The fraction of sp³-hybridized carbons (Fsp3) is 0.300. The summed E-state index contributed by atoms with van der Waals surface area (Å²) in [7, 11) is 11.8. The van der Waals surface area contributed by atoms with Crippen LogP contribution in [0.15, 0.2) is 42.5 Å². The summed E-state index contributed by atoms with van der Waals surface area (Å²) in [6, 6.07) is 13.3. The molecule has 0 spiro atoms. The van der Waals surface area contributed by atoms with Gasteiger partial charge in [-0.1, -0.05) is 35.4 Å². The molecule has 1 atom stereocenters. The number of fused-ring (bicyclic) bond motifs is 1. The van der Waals surface area contributed by atoms with Crippen molar-refractivity contribution in [3.8, 4) is 5.75 Å². The Bertz CT molecular complexity index is 2060. The van der Waals surface area contributed by atoms with Crippen molar-refractivity contribution in [1.82, 2.24) is 0 Å². The molecule has 14 heteroatoms. The average molecular weight is 877 g/mol. The number of anilines is 3. The molecule has 6 rings (SSSR count). The van der Waals surface area contributed by atoms with Crippen LogP contribution in [-0.4, -0.2) is 35.6 Å². The summed E-state index contributed by atoms with van der Waals surface area (Å²) in [5.74, 6) is -15.0. The Morgan fingerprint density at radius 2 is 1.24 bits per heavy atom. The second kappa shape index (κ2) is 16.5. The Morgan fingerprint density at radius 1 is 0.796 bits per heavy atom. The molecule has 0 bridgehead atoms. The second-order valence-electron chi connectivity index (χ2n) is 13.7. The summed E-state index contributed by atoms with van der Waals surface area (Å²) in [6.07, 6.45) is -1.28. The van der Waals surface area contributed by atoms with Gasteiger partial charge < -0.3 is 9.80 Å². The van der Waals surface area contributed by atoms with E-state index >= 15 is 0 Å². The molecule has 2 amide bonds. The number of aryl methyl sites for hydroxylation is 6. The number of amides is 2. The van der Waals surface area contributed by atoms with E-state index in [9.17, 15) is 31.5 Å². The number of rotatable bonds is 5. The van der Waals surface area contributed by atoms with Crippen molar-refractivity contribution >= 4 is 52.9 Å². The van der Waals surface area contributed by atoms with Crippen molar-refractivity contribution in [3.63, 3.8) is 0 Å². The van der Waals surface area contributed by atoms with Gasteiger partial charge in [-0.05, 0) is 63.8 Å². The molecule has 2 heterocycles. The third-order valence-electron chi connectivity index (χ3n) is 9.10. The molecule has 6 nitrogen and oxygen atoms in total. The smallest absolute Gasteiger partial charge is 0.0146 e. The zero-order valence-electron chi connectivity index (χ0n) is 30.8. The van der Waals surface area contributed by atoms with Crippen molar-refractivity contribution in [2.24, 2.45) is 5.92 Å². The monoisotopic (exact) mass is 876 g/mol. The molecular formula is C40H39Cl2F5N3O3Ru-. The summed E-state index contributed by atoms with van der Waals surface area (Å²) < 4.78 is 76.4. The molecule has 0 aromatic heterocycles. The van der Waals surface area contributed by atoms with Gasteiger partial charge in [0.2, 0.25) is 0 Å². The largest absolute Gasteiger partial charge is 0.502 e. The van der Waals surface area contributed by atoms with Gasteiger partial charge in [0.1, 0.15) is 0 Å². The van der Waals surface area contributed by atoms with Crippen LogP contribution in [0.1, 0.15) is 63.1 Å². The van der Waals surface area contributed by atoms with E-state index in [1.807, 2.05) is 0 Å². The van der Waals surface area contributed by atoms with Crippen LogP contribution in [0.3, 0.4) is 0 Å². The van der Waals surface area contributed by atoms with Gasteiger partial charge in [0.15, 0.2) is 0 Å². The summed E-state index contributed by atoms with van der Waals surface area (Å²) in [5.41, 5.74) is 9.16. The van der Waals surface area contributed by atoms with Gasteiger partial charge in [-0.2, -0.15) is 6.67 Å². The van der Waals surface area contributed by atoms with Crippen LogP contribution in [-0.2, 0) is 18.3 Å². The van der Waals surface area contributed by atoms with E-state index in [1.165, 1.54) is 67.6 Å². The molecule has 4 aromatic carbocycles. The third-order valence-corrected chi connectivity index (χ3v) is 10.9. The zero-order chi connectivity index (χ0) is 39.9. The topological polar surface area (TPSA) is 53.1 Å². The fourth-order valence-corrected chi connectivity index (χ4v) is 8.85. The number of ether oxygens (including phenoxy) is 1. The van der Waals surface area contributed by atoms with E-state index in [0.717, 1.165) is 13.1 Å². The first-order valence-electron chi connectivity index (χ1n) is 16.9. The summed E-state index contributed by atoms with van der Waals surface area (Å²) >= 11 is -2.40. The molecule has 0 saturated carbocycles. The van der Waals surface area contributed by atoms with E-state index in [4.69, 9.17) is 24.1 Å². The number of nitrogens with zero attached hydrogens (tertiary/aromatic N) is 3. The molecule has 0 radical (unpaired) electrons. The predicted octanol–water partition coefficient (Wildman–Crippen LogP) is 10.0. The number of hydrogen-bond acceptors (Lipinski definition) is 5. The number of imide groups is 1. The number of carbonyl (C=O) groups is 2. The minimum absolute atomic E-state index is 0.0296. The number of carbonyl (C=O) groups excluding carboxylic acids is 2. The van der Waals surface area contributed by atoms with Crippen LogP contribution in [0.4, 0.5) is 39.0 Å². The number of para-hydroxylation sites is 1. The molecule has 1 saturated heterocycles. The second-order valence-corrected chi connectivity index (χ2v) is 19.4. The molecule has 0 aliphatic carbocycles. The van der Waals surface area contributed by atoms with Gasteiger partial charge in [-0.15, -0.1) is 0 Å². The van der Waals surface area contributed by atoms with Crippen LogP contribution < -0.4 is 19.4 Å². The Kier molecular flexibility index (Phi) is 12.6. The average Bonchev–Trinajstić information content (AvgIpc) is 3.54. The van der Waals surface area contributed by atoms with E-state index in [-0.39, 0.29) is 11.4 Å². The molecule has 0 N–H and O–H groups in total. The molecule has 2 aliphatic heterocycles. The van der Waals surface area contributed by atoms with Crippen LogP contribution >= 0.6 is 19.4 Å². The molecule has 1 fully saturated rings. The Hall–Kier alpha value is -3.86. The van der Waals surface area contributed by atoms with Crippen LogP contribution in [0.2, 0.25) is 0 Å². The van der Waals surface area contributed by atoms with Gasteiger partial charge in [-0.25, -0.2) is 0 Å². The summed E-state index contributed by atoms with van der Waals surface area (Å²) in [5, 5.41) is 0. The molecule has 290 valence electrons. The molecule has 4 aromatic rings. The molecule has 1 unspecified atom stereocenters. The van der Waals surface area contributed by atoms with Crippen LogP contribution in [0.25, 0.3) is 0 Å². The van der Waals surface area contributed by atoms with Gasteiger partial charge >= 0.3 is 186 Å². The van der Waals surface area contributed by atoms with Gasteiger partial charge in [-0.3, -0.25) is 0 Å². The van der Waals surface area contributed by atoms with E-state index in [2.05, 4.69) is 82.3 Å². The number of benzene rings is 4. The maximum atomic E-state index is 14.3. The Morgan fingerprint density at radius 3 is 1.67 bits per heavy atom.